The first-order chi connectivity index (χ1) is 12.0. The SMILES string of the molecule is CC(C)C(=O)NC1COC2(CCN(C(=O)Cc3ccccn3)CC2)C1. The molecule has 6 nitrogen and oxygen atoms in total. The van der Waals surface area contributed by atoms with Crippen LogP contribution in [0.3, 0.4) is 0 Å². The molecular weight excluding hydrogens is 318 g/mol. The number of carbonyl (C=O) groups is 2. The molecule has 6 heteroatoms. The number of nitrogens with one attached hydrogen (secondary N) is 1. The van der Waals surface area contributed by atoms with E-state index in [2.05, 4.69) is 10.3 Å². The first-order valence-electron chi connectivity index (χ1n) is 9.09. The number of piperidine rings is 1. The number of hydrogen-bond donors (Lipinski definition) is 1. The lowest BCUT2D eigenvalue weighted by Crippen LogP contribution is -2.47. The van der Waals surface area contributed by atoms with E-state index in [1.807, 2.05) is 36.9 Å². The fourth-order valence-electron chi connectivity index (χ4n) is 3.59. The summed E-state index contributed by atoms with van der Waals surface area (Å²) in [5, 5.41) is 3.06. The molecule has 136 valence electrons. The van der Waals surface area contributed by atoms with Gasteiger partial charge in [0, 0.05) is 30.9 Å². The van der Waals surface area contributed by atoms with Crippen LogP contribution in [0.25, 0.3) is 0 Å². The van der Waals surface area contributed by atoms with Crippen LogP contribution in [-0.2, 0) is 20.7 Å². The van der Waals surface area contributed by atoms with Gasteiger partial charge >= 0.3 is 0 Å². The third-order valence-electron chi connectivity index (χ3n) is 5.17. The van der Waals surface area contributed by atoms with Gasteiger partial charge in [-0.2, -0.15) is 0 Å². The highest BCUT2D eigenvalue weighted by molar-refractivity contribution is 5.78. The van der Waals surface area contributed by atoms with Crippen molar-refractivity contribution in [2.24, 2.45) is 5.92 Å². The first-order valence-corrected chi connectivity index (χ1v) is 9.09. The van der Waals surface area contributed by atoms with Crippen LogP contribution >= 0.6 is 0 Å². The van der Waals surface area contributed by atoms with Gasteiger partial charge in [-0.3, -0.25) is 14.6 Å². The van der Waals surface area contributed by atoms with E-state index in [-0.39, 0.29) is 29.4 Å². The lowest BCUT2D eigenvalue weighted by Gasteiger charge is -2.38. The largest absolute Gasteiger partial charge is 0.373 e. The number of carbonyl (C=O) groups excluding carboxylic acids is 2. The zero-order valence-electron chi connectivity index (χ0n) is 15.0. The molecule has 3 heterocycles. The molecule has 25 heavy (non-hydrogen) atoms. The van der Waals surface area contributed by atoms with Crippen molar-refractivity contribution in [1.29, 1.82) is 0 Å². The van der Waals surface area contributed by atoms with E-state index in [9.17, 15) is 9.59 Å². The van der Waals surface area contributed by atoms with Crippen LogP contribution in [0.15, 0.2) is 24.4 Å². The minimum Gasteiger partial charge on any atom is -0.373 e. The Bertz CT molecular complexity index is 610. The molecule has 0 aliphatic carbocycles. The number of likely N-dealkylation sites (tertiary alicyclic amines) is 1. The van der Waals surface area contributed by atoms with Crippen molar-refractivity contribution in [3.63, 3.8) is 0 Å². The highest BCUT2D eigenvalue weighted by Gasteiger charge is 2.43. The highest BCUT2D eigenvalue weighted by Crippen LogP contribution is 2.36. The average Bonchev–Trinajstić information content (AvgIpc) is 2.98. The molecule has 1 aromatic heterocycles. The van der Waals surface area contributed by atoms with Crippen molar-refractivity contribution in [3.05, 3.63) is 30.1 Å². The van der Waals surface area contributed by atoms with E-state index in [0.717, 1.165) is 25.0 Å². The molecule has 0 radical (unpaired) electrons. The second kappa shape index (κ2) is 7.52. The number of amides is 2. The number of rotatable bonds is 4. The molecular formula is C19H27N3O3. The molecule has 2 aliphatic rings. The number of nitrogens with zero attached hydrogens (tertiary/aromatic N) is 2. The second-order valence-corrected chi connectivity index (χ2v) is 7.44. The van der Waals surface area contributed by atoms with Gasteiger partial charge < -0.3 is 15.0 Å². The Morgan fingerprint density at radius 3 is 2.76 bits per heavy atom. The van der Waals surface area contributed by atoms with Gasteiger partial charge in [-0.25, -0.2) is 0 Å². The van der Waals surface area contributed by atoms with Gasteiger partial charge in [0.05, 0.1) is 24.7 Å². The van der Waals surface area contributed by atoms with Crippen molar-refractivity contribution in [1.82, 2.24) is 15.2 Å². The summed E-state index contributed by atoms with van der Waals surface area (Å²) in [6.07, 6.45) is 4.56. The molecule has 1 aromatic rings. The summed E-state index contributed by atoms with van der Waals surface area (Å²) in [7, 11) is 0. The second-order valence-electron chi connectivity index (χ2n) is 7.44. The fourth-order valence-corrected chi connectivity index (χ4v) is 3.59. The summed E-state index contributed by atoms with van der Waals surface area (Å²) in [6, 6.07) is 5.72. The minimum absolute atomic E-state index is 0.0115. The van der Waals surface area contributed by atoms with Gasteiger partial charge in [-0.15, -0.1) is 0 Å². The van der Waals surface area contributed by atoms with Crippen molar-refractivity contribution in [2.45, 2.75) is 51.2 Å². The Labute approximate surface area is 148 Å². The molecule has 1 N–H and O–H groups in total. The maximum Gasteiger partial charge on any atom is 0.228 e. The Hall–Kier alpha value is -1.95. The molecule has 2 fully saturated rings. The molecule has 1 atom stereocenters. The van der Waals surface area contributed by atoms with E-state index >= 15 is 0 Å². The summed E-state index contributed by atoms with van der Waals surface area (Å²) in [6.45, 7) is 5.77. The van der Waals surface area contributed by atoms with Crippen LogP contribution in [0.4, 0.5) is 0 Å². The summed E-state index contributed by atoms with van der Waals surface area (Å²) >= 11 is 0. The summed E-state index contributed by atoms with van der Waals surface area (Å²) in [5.74, 6) is 0.187. The molecule has 0 aromatic carbocycles. The van der Waals surface area contributed by atoms with E-state index in [0.29, 0.717) is 26.1 Å². The fraction of sp³-hybridized carbons (Fsp3) is 0.632. The monoisotopic (exact) mass is 345 g/mol. The zero-order valence-corrected chi connectivity index (χ0v) is 15.0. The topological polar surface area (TPSA) is 71.5 Å². The third-order valence-corrected chi connectivity index (χ3v) is 5.17. The molecule has 0 saturated carbocycles. The van der Waals surface area contributed by atoms with Crippen molar-refractivity contribution < 1.29 is 14.3 Å². The maximum atomic E-state index is 12.4. The standard InChI is InChI=1S/C19H27N3O3/c1-14(2)18(24)21-16-12-19(25-13-16)6-9-22(10-7-19)17(23)11-15-5-3-4-8-20-15/h3-5,8,14,16H,6-7,9-13H2,1-2H3,(H,21,24). The van der Waals surface area contributed by atoms with Crippen molar-refractivity contribution in [2.75, 3.05) is 19.7 Å². The van der Waals surface area contributed by atoms with Gasteiger partial charge in [-0.1, -0.05) is 19.9 Å². The average molecular weight is 345 g/mol. The summed E-state index contributed by atoms with van der Waals surface area (Å²) in [4.78, 5) is 30.4. The maximum absolute atomic E-state index is 12.4. The van der Waals surface area contributed by atoms with Crippen LogP contribution in [0.5, 0.6) is 0 Å². The predicted octanol–water partition coefficient (Wildman–Crippen LogP) is 1.55. The zero-order chi connectivity index (χ0) is 17.9. The molecule has 2 aliphatic heterocycles. The van der Waals surface area contributed by atoms with E-state index < -0.39 is 0 Å². The third kappa shape index (κ3) is 4.37. The number of pyridine rings is 1. The Kier molecular flexibility index (Phi) is 5.37. The Morgan fingerprint density at radius 1 is 1.36 bits per heavy atom. The lowest BCUT2D eigenvalue weighted by molar-refractivity contribution is -0.135. The van der Waals surface area contributed by atoms with Crippen LogP contribution in [-0.4, -0.2) is 53.0 Å². The predicted molar refractivity (Wildman–Crippen MR) is 93.8 cm³/mol. The van der Waals surface area contributed by atoms with E-state index in [4.69, 9.17) is 4.74 Å². The number of aromatic nitrogens is 1. The first kappa shape index (κ1) is 17.9. The Morgan fingerprint density at radius 2 is 2.12 bits per heavy atom. The van der Waals surface area contributed by atoms with Crippen molar-refractivity contribution >= 4 is 11.8 Å². The minimum atomic E-state index is -0.184. The van der Waals surface area contributed by atoms with Crippen LogP contribution in [0.1, 0.15) is 38.8 Å². The smallest absolute Gasteiger partial charge is 0.228 e. The summed E-state index contributed by atoms with van der Waals surface area (Å²) < 4.78 is 6.06. The lowest BCUT2D eigenvalue weighted by atomic mass is 9.87. The van der Waals surface area contributed by atoms with Crippen LogP contribution in [0, 0.1) is 5.92 Å². The van der Waals surface area contributed by atoms with Crippen LogP contribution in [0.2, 0.25) is 0 Å². The molecule has 1 unspecified atom stereocenters. The summed E-state index contributed by atoms with van der Waals surface area (Å²) in [5.41, 5.74) is 0.623. The molecule has 1 spiro atoms. The normalized spacial score (nSPS) is 22.4. The van der Waals surface area contributed by atoms with Crippen LogP contribution < -0.4 is 5.32 Å². The molecule has 3 rings (SSSR count). The van der Waals surface area contributed by atoms with Gasteiger partial charge in [0.15, 0.2) is 0 Å². The van der Waals surface area contributed by atoms with Gasteiger partial charge in [0.2, 0.25) is 11.8 Å². The van der Waals surface area contributed by atoms with Gasteiger partial charge in [0.1, 0.15) is 0 Å². The molecule has 2 amide bonds. The highest BCUT2D eigenvalue weighted by atomic mass is 16.5. The van der Waals surface area contributed by atoms with E-state index in [1.54, 1.807) is 6.20 Å². The van der Waals surface area contributed by atoms with Crippen molar-refractivity contribution in [3.8, 4) is 0 Å². The number of ether oxygens (including phenoxy) is 1. The van der Waals surface area contributed by atoms with Gasteiger partial charge in [-0.05, 0) is 31.4 Å². The van der Waals surface area contributed by atoms with Gasteiger partial charge in [0.25, 0.3) is 0 Å². The van der Waals surface area contributed by atoms with E-state index in [1.165, 1.54) is 0 Å². The Balaban J connectivity index is 1.48. The molecule has 2 saturated heterocycles. The number of hydrogen-bond acceptors (Lipinski definition) is 4. The quantitative estimate of drug-likeness (QED) is 0.899. The molecule has 0 bridgehead atoms.